The van der Waals surface area contributed by atoms with Gasteiger partial charge in [0.2, 0.25) is 17.7 Å². The zero-order chi connectivity index (χ0) is 17.8. The van der Waals surface area contributed by atoms with Crippen molar-refractivity contribution in [2.75, 3.05) is 25.0 Å². The third-order valence-electron chi connectivity index (χ3n) is 3.19. The summed E-state index contributed by atoms with van der Waals surface area (Å²) in [6, 6.07) is 7.60. The minimum Gasteiger partial charge on any atom is -0.355 e. The van der Waals surface area contributed by atoms with Crippen molar-refractivity contribution in [3.63, 3.8) is 0 Å². The second-order valence-electron chi connectivity index (χ2n) is 5.36. The first-order chi connectivity index (χ1) is 11.5. The third-order valence-corrected chi connectivity index (χ3v) is 3.19. The lowest BCUT2D eigenvalue weighted by molar-refractivity contribution is -0.124. The van der Waals surface area contributed by atoms with Crippen LogP contribution in [0.5, 0.6) is 0 Å². The molecule has 0 fully saturated rings. The minimum atomic E-state index is -0.212. The van der Waals surface area contributed by atoms with E-state index in [1.807, 2.05) is 31.2 Å². The highest BCUT2D eigenvalue weighted by Crippen LogP contribution is 2.11. The molecule has 24 heavy (non-hydrogen) atoms. The van der Waals surface area contributed by atoms with Crippen LogP contribution in [0.1, 0.15) is 32.3 Å². The van der Waals surface area contributed by atoms with Crippen LogP contribution in [-0.2, 0) is 20.9 Å². The van der Waals surface area contributed by atoms with Crippen LogP contribution < -0.4 is 21.3 Å². The minimum absolute atomic E-state index is 0.114. The summed E-state index contributed by atoms with van der Waals surface area (Å²) < 4.78 is 0. The second kappa shape index (κ2) is 11.2. The van der Waals surface area contributed by atoms with E-state index < -0.39 is 0 Å². The van der Waals surface area contributed by atoms with E-state index >= 15 is 0 Å². The van der Waals surface area contributed by atoms with Crippen molar-refractivity contribution in [2.45, 2.75) is 33.2 Å². The van der Waals surface area contributed by atoms with Crippen molar-refractivity contribution in [2.24, 2.45) is 0 Å². The Morgan fingerprint density at radius 2 is 1.71 bits per heavy atom. The van der Waals surface area contributed by atoms with Gasteiger partial charge in [-0.1, -0.05) is 19.1 Å². The van der Waals surface area contributed by atoms with Gasteiger partial charge in [0.25, 0.3) is 0 Å². The summed E-state index contributed by atoms with van der Waals surface area (Å²) in [4.78, 5) is 34.2. The van der Waals surface area contributed by atoms with Crippen LogP contribution in [0.25, 0.3) is 0 Å². The second-order valence-corrected chi connectivity index (χ2v) is 5.36. The van der Waals surface area contributed by atoms with E-state index in [4.69, 9.17) is 0 Å². The van der Waals surface area contributed by atoms with Crippen molar-refractivity contribution in [1.29, 1.82) is 0 Å². The van der Waals surface area contributed by atoms with E-state index in [0.717, 1.165) is 24.3 Å². The number of rotatable bonds is 10. The smallest absolute Gasteiger partial charge is 0.224 e. The first-order valence-corrected chi connectivity index (χ1v) is 8.12. The number of benzene rings is 1. The Hall–Kier alpha value is -2.41. The van der Waals surface area contributed by atoms with Crippen LogP contribution in [0.2, 0.25) is 0 Å². The van der Waals surface area contributed by atoms with Crippen LogP contribution in [0.4, 0.5) is 5.69 Å². The molecule has 0 aromatic heterocycles. The first kappa shape index (κ1) is 19.6. The van der Waals surface area contributed by atoms with E-state index in [2.05, 4.69) is 21.3 Å². The molecular weight excluding hydrogens is 308 g/mol. The third kappa shape index (κ3) is 8.89. The Morgan fingerprint density at radius 3 is 2.42 bits per heavy atom. The van der Waals surface area contributed by atoms with Crippen LogP contribution in [0, 0.1) is 0 Å². The highest BCUT2D eigenvalue weighted by molar-refractivity contribution is 5.93. The quantitative estimate of drug-likeness (QED) is 0.475. The molecule has 7 heteroatoms. The highest BCUT2D eigenvalue weighted by Gasteiger charge is 2.07. The van der Waals surface area contributed by atoms with Crippen LogP contribution >= 0.6 is 0 Å². The molecule has 4 N–H and O–H groups in total. The molecule has 0 radical (unpaired) electrons. The number of carbonyl (C=O) groups excluding carboxylic acids is 3. The Bertz CT molecular complexity index is 561. The molecule has 0 bridgehead atoms. The fourth-order valence-corrected chi connectivity index (χ4v) is 2.01. The standard InChI is InChI=1S/C17H26N4O3/c1-3-18-12-14-5-4-6-15(11-14)21-17(24)8-7-16(23)20-10-9-19-13(2)22/h4-6,11,18H,3,7-10,12H2,1-2H3,(H,19,22)(H,20,23)(H,21,24). The summed E-state index contributed by atoms with van der Waals surface area (Å²) in [6.45, 7) is 5.81. The Balaban J connectivity index is 2.28. The molecule has 0 heterocycles. The molecule has 0 saturated heterocycles. The summed E-state index contributed by atoms with van der Waals surface area (Å²) in [5.74, 6) is -0.552. The molecule has 1 aromatic rings. The van der Waals surface area contributed by atoms with Gasteiger partial charge in [-0.3, -0.25) is 14.4 Å². The molecule has 0 saturated carbocycles. The van der Waals surface area contributed by atoms with Crippen molar-refractivity contribution in [1.82, 2.24) is 16.0 Å². The molecule has 0 aliphatic rings. The Kier molecular flexibility index (Phi) is 9.14. The lowest BCUT2D eigenvalue weighted by Crippen LogP contribution is -2.33. The topological polar surface area (TPSA) is 99.3 Å². The lowest BCUT2D eigenvalue weighted by Gasteiger charge is -2.08. The van der Waals surface area contributed by atoms with E-state index in [9.17, 15) is 14.4 Å². The van der Waals surface area contributed by atoms with E-state index in [1.165, 1.54) is 6.92 Å². The Morgan fingerprint density at radius 1 is 1.00 bits per heavy atom. The number of hydrogen-bond acceptors (Lipinski definition) is 4. The van der Waals surface area contributed by atoms with Gasteiger partial charge < -0.3 is 21.3 Å². The molecule has 3 amide bonds. The summed E-state index contributed by atoms with van der Waals surface area (Å²) in [7, 11) is 0. The predicted molar refractivity (Wildman–Crippen MR) is 93.4 cm³/mol. The molecule has 0 unspecified atom stereocenters. The van der Waals surface area contributed by atoms with Gasteiger partial charge in [0.05, 0.1) is 0 Å². The van der Waals surface area contributed by atoms with Gasteiger partial charge in [-0.25, -0.2) is 0 Å². The summed E-state index contributed by atoms with van der Waals surface area (Å²) in [5, 5.41) is 11.2. The number of amides is 3. The van der Waals surface area contributed by atoms with Gasteiger partial charge in [0.15, 0.2) is 0 Å². The summed E-state index contributed by atoms with van der Waals surface area (Å²) >= 11 is 0. The number of nitrogens with one attached hydrogen (secondary N) is 4. The fraction of sp³-hybridized carbons (Fsp3) is 0.471. The van der Waals surface area contributed by atoms with Crippen molar-refractivity contribution in [3.05, 3.63) is 29.8 Å². The van der Waals surface area contributed by atoms with Crippen molar-refractivity contribution >= 4 is 23.4 Å². The van der Waals surface area contributed by atoms with E-state index in [1.54, 1.807) is 0 Å². The maximum Gasteiger partial charge on any atom is 0.224 e. The van der Waals surface area contributed by atoms with Crippen molar-refractivity contribution in [3.8, 4) is 0 Å². The summed E-state index contributed by atoms with van der Waals surface area (Å²) in [6.07, 6.45) is 0.229. The van der Waals surface area contributed by atoms with Crippen LogP contribution in [0.15, 0.2) is 24.3 Å². The zero-order valence-corrected chi connectivity index (χ0v) is 14.3. The van der Waals surface area contributed by atoms with Crippen LogP contribution in [-0.4, -0.2) is 37.4 Å². The molecular formula is C17H26N4O3. The lowest BCUT2D eigenvalue weighted by atomic mass is 10.2. The average Bonchev–Trinajstić information content (AvgIpc) is 2.55. The maximum absolute atomic E-state index is 11.9. The first-order valence-electron chi connectivity index (χ1n) is 8.12. The average molecular weight is 334 g/mol. The van der Waals surface area contributed by atoms with Crippen molar-refractivity contribution < 1.29 is 14.4 Å². The number of hydrogen-bond donors (Lipinski definition) is 4. The number of anilines is 1. The van der Waals surface area contributed by atoms with Gasteiger partial charge >= 0.3 is 0 Å². The zero-order valence-electron chi connectivity index (χ0n) is 14.3. The number of carbonyl (C=O) groups is 3. The largest absolute Gasteiger partial charge is 0.355 e. The monoisotopic (exact) mass is 334 g/mol. The van der Waals surface area contributed by atoms with E-state index in [-0.39, 0.29) is 30.6 Å². The normalized spacial score (nSPS) is 10.1. The molecule has 0 atom stereocenters. The molecule has 0 spiro atoms. The molecule has 1 aromatic carbocycles. The molecule has 0 aliphatic heterocycles. The molecule has 0 aliphatic carbocycles. The fourth-order valence-electron chi connectivity index (χ4n) is 2.01. The van der Waals surface area contributed by atoms with Crippen LogP contribution in [0.3, 0.4) is 0 Å². The maximum atomic E-state index is 11.9. The highest BCUT2D eigenvalue weighted by atomic mass is 16.2. The van der Waals surface area contributed by atoms with Gasteiger partial charge in [-0.2, -0.15) is 0 Å². The predicted octanol–water partition coefficient (Wildman–Crippen LogP) is 0.767. The SMILES string of the molecule is CCNCc1cccc(NC(=O)CCC(=O)NCCNC(C)=O)c1. The van der Waals surface area contributed by atoms with Gasteiger partial charge in [-0.05, 0) is 24.2 Å². The van der Waals surface area contributed by atoms with Gasteiger partial charge in [0, 0.05) is 45.1 Å². The molecule has 7 nitrogen and oxygen atoms in total. The van der Waals surface area contributed by atoms with Gasteiger partial charge in [0.1, 0.15) is 0 Å². The molecule has 1 rings (SSSR count). The summed E-state index contributed by atoms with van der Waals surface area (Å²) in [5.41, 5.74) is 1.81. The van der Waals surface area contributed by atoms with E-state index in [0.29, 0.717) is 13.1 Å². The molecule has 132 valence electrons. The van der Waals surface area contributed by atoms with Gasteiger partial charge in [-0.15, -0.1) is 0 Å². The Labute approximate surface area is 142 Å².